The number of carbonyl (C=O) groups is 2. The van der Waals surface area contributed by atoms with Crippen LogP contribution in [0, 0.1) is 0 Å². The zero-order valence-corrected chi connectivity index (χ0v) is 28.3. The molecule has 10 heteroatoms. The molecule has 0 spiro atoms. The Balaban J connectivity index is 1.48. The molecule has 1 heterocycles. The van der Waals surface area contributed by atoms with Gasteiger partial charge in [0.05, 0.1) is 24.4 Å². The molecule has 0 aliphatic rings. The number of ether oxygens (including phenoxy) is 2. The number of carboxylic acids is 1. The monoisotopic (exact) mass is 685 g/mol. The first-order valence-corrected chi connectivity index (χ1v) is 16.0. The zero-order valence-electron chi connectivity index (χ0n) is 26.8. The summed E-state index contributed by atoms with van der Waals surface area (Å²) in [5, 5.41) is 12.7. The molecule has 1 aromatic heterocycles. The quantitative estimate of drug-likeness (QED) is 0.0695. The molecule has 0 atom stereocenters. The number of benzene rings is 3. The number of hydrogen-bond acceptors (Lipinski definition) is 5. The van der Waals surface area contributed by atoms with E-state index in [2.05, 4.69) is 11.9 Å². The van der Waals surface area contributed by atoms with Gasteiger partial charge in [-0.2, -0.15) is 0 Å². The van der Waals surface area contributed by atoms with Crippen LogP contribution in [0.1, 0.15) is 31.2 Å². The second-order valence-corrected chi connectivity index (χ2v) is 11.5. The second kappa shape index (κ2) is 17.8. The van der Waals surface area contributed by atoms with E-state index in [1.165, 1.54) is 0 Å². The molecule has 2 N–H and O–H groups in total. The third-order valence-electron chi connectivity index (χ3n) is 7.26. The Hall–Kier alpha value is -5.05. The van der Waals surface area contributed by atoms with Gasteiger partial charge in [0.25, 0.3) is 0 Å². The molecule has 0 aliphatic carbocycles. The van der Waals surface area contributed by atoms with Crippen molar-refractivity contribution in [1.29, 1.82) is 0 Å². The Labute approximate surface area is 290 Å². The molecule has 1 amide bonds. The highest BCUT2D eigenvalue weighted by atomic mass is 35.5. The molecule has 3 aromatic carbocycles. The molecule has 0 saturated carbocycles. The van der Waals surface area contributed by atoms with Crippen molar-refractivity contribution < 1.29 is 24.2 Å². The first kappa shape index (κ1) is 35.8. The zero-order chi connectivity index (χ0) is 34.5. The molecule has 0 unspecified atom stereocenters. The van der Waals surface area contributed by atoms with Gasteiger partial charge in [-0.3, -0.25) is 9.59 Å². The fraction of sp³-hybridized carbons (Fsp3) is 0.184. The fourth-order valence-electron chi connectivity index (χ4n) is 4.57. The van der Waals surface area contributed by atoms with Crippen molar-refractivity contribution in [1.82, 2.24) is 14.9 Å². The number of carboxylic acid groups (broad SMARTS) is 1. The third kappa shape index (κ3) is 10.8. The van der Waals surface area contributed by atoms with E-state index in [-0.39, 0.29) is 18.9 Å². The predicted octanol–water partition coefficient (Wildman–Crippen LogP) is 8.72. The van der Waals surface area contributed by atoms with Gasteiger partial charge in [-0.15, -0.1) is 0 Å². The van der Waals surface area contributed by atoms with Crippen LogP contribution in [0.3, 0.4) is 0 Å². The minimum absolute atomic E-state index is 0.0432. The van der Waals surface area contributed by atoms with Crippen molar-refractivity contribution in [2.45, 2.75) is 26.3 Å². The molecular weight excluding hydrogens is 649 g/mol. The molecule has 4 rings (SSSR count). The van der Waals surface area contributed by atoms with Crippen LogP contribution in [0.4, 0.5) is 0 Å². The lowest BCUT2D eigenvalue weighted by molar-refractivity contribution is -0.137. The first-order valence-electron chi connectivity index (χ1n) is 15.2. The summed E-state index contributed by atoms with van der Waals surface area (Å²) in [4.78, 5) is 28.5. The number of aromatic nitrogens is 2. The van der Waals surface area contributed by atoms with E-state index in [1.54, 1.807) is 42.1 Å². The van der Waals surface area contributed by atoms with E-state index in [4.69, 9.17) is 42.8 Å². The number of nitrogens with one attached hydrogen (secondary N) is 1. The summed E-state index contributed by atoms with van der Waals surface area (Å²) in [6.07, 6.45) is 11.6. The van der Waals surface area contributed by atoms with Crippen molar-refractivity contribution in [2.75, 3.05) is 20.3 Å². The van der Waals surface area contributed by atoms with Gasteiger partial charge >= 0.3 is 5.97 Å². The Bertz CT molecular complexity index is 1820. The summed E-state index contributed by atoms with van der Waals surface area (Å²) >= 11 is 12.6. The molecule has 0 aliphatic heterocycles. The van der Waals surface area contributed by atoms with Crippen LogP contribution in [-0.4, -0.2) is 46.8 Å². The summed E-state index contributed by atoms with van der Waals surface area (Å²) in [7, 11) is 1.55. The molecule has 0 radical (unpaired) electrons. The van der Waals surface area contributed by atoms with E-state index >= 15 is 0 Å². The maximum atomic E-state index is 13.0. The van der Waals surface area contributed by atoms with E-state index in [1.807, 2.05) is 79.8 Å². The van der Waals surface area contributed by atoms with Crippen LogP contribution >= 0.6 is 23.2 Å². The molecule has 0 fully saturated rings. The maximum absolute atomic E-state index is 13.0. The highest BCUT2D eigenvalue weighted by molar-refractivity contribution is 6.36. The second-order valence-electron chi connectivity index (χ2n) is 10.7. The van der Waals surface area contributed by atoms with Gasteiger partial charge in [0.2, 0.25) is 5.91 Å². The lowest BCUT2D eigenvalue weighted by atomic mass is 10.0. The summed E-state index contributed by atoms with van der Waals surface area (Å²) in [5.41, 5.74) is 5.23. The molecule has 8 nitrogen and oxygen atoms in total. The van der Waals surface area contributed by atoms with Crippen molar-refractivity contribution in [3.63, 3.8) is 0 Å². The van der Waals surface area contributed by atoms with E-state index in [0.29, 0.717) is 58.2 Å². The van der Waals surface area contributed by atoms with Gasteiger partial charge in [-0.05, 0) is 78.1 Å². The van der Waals surface area contributed by atoms with Crippen LogP contribution in [-0.2, 0) is 20.9 Å². The highest BCUT2D eigenvalue weighted by Gasteiger charge is 2.14. The number of methoxy groups -OCH3 is 1. The fourth-order valence-corrected chi connectivity index (χ4v) is 5.07. The molecule has 48 heavy (non-hydrogen) atoms. The molecule has 0 bridgehead atoms. The van der Waals surface area contributed by atoms with Crippen molar-refractivity contribution >= 4 is 47.2 Å². The minimum atomic E-state index is -0.831. The van der Waals surface area contributed by atoms with Gasteiger partial charge in [-0.1, -0.05) is 84.4 Å². The number of halogens is 2. The smallest absolute Gasteiger partial charge is 0.303 e. The van der Waals surface area contributed by atoms with Gasteiger partial charge in [0, 0.05) is 29.7 Å². The van der Waals surface area contributed by atoms with Crippen LogP contribution in [0.25, 0.3) is 34.5 Å². The Morgan fingerprint density at radius 3 is 2.35 bits per heavy atom. The summed E-state index contributed by atoms with van der Waals surface area (Å²) in [5.74, 6) is 0.777. The van der Waals surface area contributed by atoms with E-state index in [0.717, 1.165) is 22.3 Å². The summed E-state index contributed by atoms with van der Waals surface area (Å²) < 4.78 is 12.5. The minimum Gasteiger partial charge on any atom is -0.497 e. The Morgan fingerprint density at radius 1 is 1.00 bits per heavy atom. The molecular formula is C38H37Cl2N3O5. The average Bonchev–Trinajstić information content (AvgIpc) is 3.47. The van der Waals surface area contributed by atoms with Crippen LogP contribution < -0.4 is 10.1 Å². The third-order valence-corrected chi connectivity index (χ3v) is 7.81. The van der Waals surface area contributed by atoms with Gasteiger partial charge < -0.3 is 24.5 Å². The van der Waals surface area contributed by atoms with Gasteiger partial charge in [0.1, 0.15) is 23.9 Å². The van der Waals surface area contributed by atoms with E-state index < -0.39 is 5.97 Å². The largest absolute Gasteiger partial charge is 0.497 e. The van der Waals surface area contributed by atoms with Gasteiger partial charge in [-0.25, -0.2) is 4.98 Å². The highest BCUT2D eigenvalue weighted by Crippen LogP contribution is 2.30. The number of carbonyl (C=O) groups excluding carboxylic acids is 1. The first-order chi connectivity index (χ1) is 23.1. The Morgan fingerprint density at radius 2 is 1.71 bits per heavy atom. The Kier molecular flexibility index (Phi) is 13.2. The number of imidazole rings is 1. The number of hydrogen-bond donors (Lipinski definition) is 2. The maximum Gasteiger partial charge on any atom is 0.303 e. The summed E-state index contributed by atoms with van der Waals surface area (Å²) in [6.45, 7) is 6.41. The number of allylic oxidation sites excluding steroid dienone is 2. The molecule has 0 saturated heterocycles. The molecule has 248 valence electrons. The number of nitrogens with zero attached hydrogens (tertiary/aromatic N) is 2. The van der Waals surface area contributed by atoms with Crippen molar-refractivity contribution in [3.8, 4) is 28.1 Å². The molecule has 4 aromatic rings. The number of rotatable bonds is 16. The number of amides is 1. The SMILES string of the molecule is C=C(/C=C\C(=C/C)CNC(=O)Cn1cc(-c2ccc(Cl)cc2Cl)nc1/C=C/c1ccc(-c2ccc(OCCCC(=O)O)cc2)cc1)OC. The van der Waals surface area contributed by atoms with Crippen molar-refractivity contribution in [2.24, 2.45) is 0 Å². The average molecular weight is 687 g/mol. The van der Waals surface area contributed by atoms with Crippen molar-refractivity contribution in [3.05, 3.63) is 130 Å². The van der Waals surface area contributed by atoms with E-state index in [9.17, 15) is 9.59 Å². The number of aliphatic carboxylic acids is 1. The lowest BCUT2D eigenvalue weighted by Crippen LogP contribution is -2.29. The predicted molar refractivity (Wildman–Crippen MR) is 193 cm³/mol. The van der Waals surface area contributed by atoms with Crippen LogP contribution in [0.15, 0.2) is 109 Å². The summed E-state index contributed by atoms with van der Waals surface area (Å²) in [6, 6.07) is 21.0. The lowest BCUT2D eigenvalue weighted by Gasteiger charge is -2.08. The van der Waals surface area contributed by atoms with Crippen LogP contribution in [0.2, 0.25) is 10.0 Å². The van der Waals surface area contributed by atoms with Gasteiger partial charge in [0.15, 0.2) is 0 Å². The van der Waals surface area contributed by atoms with Crippen LogP contribution in [0.5, 0.6) is 5.75 Å². The topological polar surface area (TPSA) is 103 Å². The standard InChI is InChI=1S/C38H37Cl2N3O5/c1-4-27(8-7-26(2)47-3)23-41-37(44)25-43-24-35(33-19-16-31(39)22-34(33)40)42-36(43)20-11-28-9-12-29(13-10-28)30-14-17-32(18-15-30)48-21-5-6-38(45)46/h4,7-20,22,24H,2,5-6,21,23,25H2,1,3H3,(H,41,44)(H,45,46)/b8-7-,20-11+,27-4+. The normalized spacial score (nSPS) is 11.6.